The third-order valence-electron chi connectivity index (χ3n) is 6.47. The van der Waals surface area contributed by atoms with Gasteiger partial charge in [0.2, 0.25) is 0 Å². The number of aliphatic imine (C=N–C) groups is 1. The molecular weight excluding hydrogens is 501 g/mol. The molecule has 0 amide bonds. The number of anilines is 1. The average Bonchev–Trinajstić information content (AvgIpc) is 2.84. The van der Waals surface area contributed by atoms with Gasteiger partial charge in [-0.3, -0.25) is 5.01 Å². The molecule has 0 spiro atoms. The summed E-state index contributed by atoms with van der Waals surface area (Å²) >= 11 is 18.6. The van der Waals surface area contributed by atoms with E-state index in [1.165, 1.54) is 5.57 Å². The van der Waals surface area contributed by atoms with Crippen LogP contribution in [0.2, 0.25) is 10.0 Å². The number of halogens is 3. The molecule has 5 nitrogen and oxygen atoms in total. The molecule has 0 bridgehead atoms. The first-order chi connectivity index (χ1) is 16.9. The molecule has 1 saturated heterocycles. The number of nitrogens with one attached hydrogen (secondary N) is 1. The monoisotopic (exact) mass is 535 g/mol. The third-order valence-corrected chi connectivity index (χ3v) is 7.18. The van der Waals surface area contributed by atoms with Gasteiger partial charge in [0, 0.05) is 42.2 Å². The highest BCUT2D eigenvalue weighted by Gasteiger charge is 2.32. The summed E-state index contributed by atoms with van der Waals surface area (Å²) in [7, 11) is 0. The maximum absolute atomic E-state index is 6.63. The van der Waals surface area contributed by atoms with E-state index < -0.39 is 0 Å². The molecular formula is C27H36Cl3N5. The fourth-order valence-electron chi connectivity index (χ4n) is 4.39. The first-order valence-corrected chi connectivity index (χ1v) is 13.6. The van der Waals surface area contributed by atoms with Crippen molar-refractivity contribution in [2.24, 2.45) is 10.1 Å². The maximum atomic E-state index is 6.63. The van der Waals surface area contributed by atoms with Crippen LogP contribution < -0.4 is 10.3 Å². The lowest BCUT2D eigenvalue weighted by Crippen LogP contribution is -2.53. The van der Waals surface area contributed by atoms with Crippen LogP contribution in [0.25, 0.3) is 0 Å². The van der Waals surface area contributed by atoms with Crippen molar-refractivity contribution in [1.29, 1.82) is 0 Å². The van der Waals surface area contributed by atoms with Gasteiger partial charge in [-0.15, -0.1) is 11.6 Å². The van der Waals surface area contributed by atoms with E-state index in [-0.39, 0.29) is 5.54 Å². The van der Waals surface area contributed by atoms with E-state index in [2.05, 4.69) is 42.3 Å². The lowest BCUT2D eigenvalue weighted by Gasteiger charge is -2.41. The molecule has 2 aliphatic heterocycles. The van der Waals surface area contributed by atoms with Crippen LogP contribution in [0.3, 0.4) is 0 Å². The van der Waals surface area contributed by atoms with E-state index in [4.69, 9.17) is 44.9 Å². The highest BCUT2D eigenvalue weighted by Crippen LogP contribution is 2.31. The number of nitrogens with zero attached hydrogens (tertiary/aromatic N) is 4. The Hall–Kier alpha value is -1.79. The summed E-state index contributed by atoms with van der Waals surface area (Å²) in [6.07, 6.45) is 13.8. The number of rotatable bonds is 9. The van der Waals surface area contributed by atoms with Crippen LogP contribution in [0.15, 0.2) is 64.4 Å². The molecule has 0 unspecified atom stereocenters. The summed E-state index contributed by atoms with van der Waals surface area (Å²) in [4.78, 5) is 7.13. The fraction of sp³-hybridized carbons (Fsp3) is 0.481. The van der Waals surface area contributed by atoms with Crippen LogP contribution >= 0.6 is 34.8 Å². The normalized spacial score (nSPS) is 19.5. The Morgan fingerprint density at radius 3 is 2.69 bits per heavy atom. The minimum absolute atomic E-state index is 0.174. The SMILES string of the molecule is C/C=C(\C/C=C\CCl)CN(/N=C1\CC=CN=C1N1CCC(C)(NCC)CC1)c1ccc(Cl)cc1Cl. The van der Waals surface area contributed by atoms with Gasteiger partial charge >= 0.3 is 0 Å². The predicted octanol–water partition coefficient (Wildman–Crippen LogP) is 7.07. The van der Waals surface area contributed by atoms with Crippen LogP contribution in [0, 0.1) is 0 Å². The van der Waals surface area contributed by atoms with Crippen molar-refractivity contribution >= 4 is 52.0 Å². The number of benzene rings is 1. The van der Waals surface area contributed by atoms with E-state index in [9.17, 15) is 0 Å². The van der Waals surface area contributed by atoms with Crippen LogP contribution in [0.4, 0.5) is 5.69 Å². The number of hydrogen-bond acceptors (Lipinski definition) is 5. The largest absolute Gasteiger partial charge is 0.355 e. The van der Waals surface area contributed by atoms with Crippen molar-refractivity contribution in [2.45, 2.75) is 52.0 Å². The van der Waals surface area contributed by atoms with Gasteiger partial charge in [-0.25, -0.2) is 4.99 Å². The maximum Gasteiger partial charge on any atom is 0.152 e. The van der Waals surface area contributed by atoms with E-state index in [1.807, 2.05) is 36.3 Å². The third kappa shape index (κ3) is 7.85. The molecule has 3 rings (SSSR count). The van der Waals surface area contributed by atoms with Gasteiger partial charge in [0.1, 0.15) is 5.71 Å². The molecule has 0 aliphatic carbocycles. The van der Waals surface area contributed by atoms with Gasteiger partial charge < -0.3 is 10.2 Å². The second-order valence-corrected chi connectivity index (χ2v) is 10.2. The molecule has 8 heteroatoms. The summed E-state index contributed by atoms with van der Waals surface area (Å²) < 4.78 is 0. The van der Waals surface area contributed by atoms with Crippen molar-refractivity contribution in [3.63, 3.8) is 0 Å². The summed E-state index contributed by atoms with van der Waals surface area (Å²) in [5.41, 5.74) is 3.15. The van der Waals surface area contributed by atoms with Crippen LogP contribution in [0.1, 0.15) is 46.5 Å². The zero-order valence-electron chi connectivity index (χ0n) is 20.9. The summed E-state index contributed by atoms with van der Waals surface area (Å²) in [5, 5.41) is 11.9. The van der Waals surface area contributed by atoms with Crippen molar-refractivity contribution in [3.05, 3.63) is 64.3 Å². The number of allylic oxidation sites excluding steroid dienone is 4. The average molecular weight is 537 g/mol. The molecule has 0 atom stereocenters. The molecule has 35 heavy (non-hydrogen) atoms. The van der Waals surface area contributed by atoms with Gasteiger partial charge in [0.05, 0.1) is 17.3 Å². The Kier molecular flexibility index (Phi) is 10.7. The quantitative estimate of drug-likeness (QED) is 0.209. The number of alkyl halides is 1. The number of hydrazone groups is 1. The van der Waals surface area contributed by atoms with Crippen molar-refractivity contribution < 1.29 is 0 Å². The van der Waals surface area contributed by atoms with Gasteiger partial charge in [-0.1, -0.05) is 54.4 Å². The van der Waals surface area contributed by atoms with Crippen molar-refractivity contribution in [2.75, 3.05) is 37.1 Å². The van der Waals surface area contributed by atoms with Gasteiger partial charge in [-0.2, -0.15) is 5.10 Å². The van der Waals surface area contributed by atoms with Crippen molar-refractivity contribution in [3.8, 4) is 0 Å². The predicted molar refractivity (Wildman–Crippen MR) is 154 cm³/mol. The summed E-state index contributed by atoms with van der Waals surface area (Å²) in [6.45, 7) is 10.00. The van der Waals surface area contributed by atoms with Crippen LogP contribution in [-0.2, 0) is 0 Å². The molecule has 0 saturated carbocycles. The molecule has 1 aromatic rings. The van der Waals surface area contributed by atoms with Crippen molar-refractivity contribution in [1.82, 2.24) is 10.2 Å². The zero-order valence-corrected chi connectivity index (χ0v) is 23.2. The number of likely N-dealkylation sites (tertiary alicyclic amines) is 1. The Morgan fingerprint density at radius 1 is 1.26 bits per heavy atom. The van der Waals surface area contributed by atoms with Gasteiger partial charge in [0.15, 0.2) is 5.84 Å². The highest BCUT2D eigenvalue weighted by molar-refractivity contribution is 6.42. The highest BCUT2D eigenvalue weighted by atomic mass is 35.5. The molecule has 1 aromatic carbocycles. The number of hydrogen-bond donors (Lipinski definition) is 1. The number of piperidine rings is 1. The zero-order chi connectivity index (χ0) is 25.3. The molecule has 2 aliphatic rings. The summed E-state index contributed by atoms with van der Waals surface area (Å²) in [5.74, 6) is 1.45. The fourth-order valence-corrected chi connectivity index (χ4v) is 5.03. The second kappa shape index (κ2) is 13.5. The first kappa shape index (κ1) is 27.8. The van der Waals surface area contributed by atoms with E-state index in [0.717, 1.165) is 62.6 Å². The lowest BCUT2D eigenvalue weighted by molar-refractivity contribution is 0.206. The molecule has 1 fully saturated rings. The number of amidine groups is 1. The minimum atomic E-state index is 0.174. The molecule has 0 radical (unpaired) electrons. The van der Waals surface area contributed by atoms with E-state index >= 15 is 0 Å². The first-order valence-electron chi connectivity index (χ1n) is 12.3. The molecule has 0 aromatic heterocycles. The Labute approximate surface area is 225 Å². The second-order valence-electron chi connectivity index (χ2n) is 9.10. The van der Waals surface area contributed by atoms with Gasteiger partial charge in [-0.05, 0) is 63.4 Å². The van der Waals surface area contributed by atoms with Gasteiger partial charge in [0.25, 0.3) is 0 Å². The minimum Gasteiger partial charge on any atom is -0.355 e. The van der Waals surface area contributed by atoms with E-state index in [0.29, 0.717) is 22.5 Å². The smallest absolute Gasteiger partial charge is 0.152 e. The lowest BCUT2D eigenvalue weighted by atomic mass is 9.89. The Bertz CT molecular complexity index is 1000. The van der Waals surface area contributed by atoms with Crippen LogP contribution in [0.5, 0.6) is 0 Å². The van der Waals surface area contributed by atoms with Crippen LogP contribution in [-0.4, -0.2) is 54.0 Å². The summed E-state index contributed by atoms with van der Waals surface area (Å²) in [6, 6.07) is 5.53. The Balaban J connectivity index is 1.89. The standard InChI is InChI=1S/C27H36Cl3N5/c1-4-21(9-6-7-15-28)20-35(25-12-11-22(29)19-23(25)30)33-24-10-8-16-31-26(24)34-17-13-27(3,14-18-34)32-5-2/h4,6-8,11-12,16,19,32H,5,9-10,13-15,17-18,20H2,1-3H3/b7-6-,21-4+,33-24+. The molecule has 1 N–H and O–H groups in total. The topological polar surface area (TPSA) is 43.2 Å². The Morgan fingerprint density at radius 2 is 2.03 bits per heavy atom. The molecule has 2 heterocycles. The van der Waals surface area contributed by atoms with E-state index in [1.54, 1.807) is 6.07 Å². The molecule has 190 valence electrons.